The van der Waals surface area contributed by atoms with E-state index in [1.165, 1.54) is 28.1 Å². The Morgan fingerprint density at radius 1 is 1.35 bits per heavy atom. The van der Waals surface area contributed by atoms with Crippen molar-refractivity contribution in [2.45, 2.75) is 43.9 Å². The number of likely N-dealkylation sites (tertiary alicyclic amines) is 1. The van der Waals surface area contributed by atoms with Gasteiger partial charge in [-0.05, 0) is 24.3 Å². The van der Waals surface area contributed by atoms with Crippen LogP contribution < -0.4 is 10.6 Å². The van der Waals surface area contributed by atoms with Gasteiger partial charge >= 0.3 is 0 Å². The van der Waals surface area contributed by atoms with E-state index < -0.39 is 12.1 Å². The smallest absolute Gasteiger partial charge is 0.261 e. The van der Waals surface area contributed by atoms with Gasteiger partial charge in [-0.1, -0.05) is 6.07 Å². The number of rotatable bonds is 2. The molecule has 0 spiro atoms. The fourth-order valence-corrected chi connectivity index (χ4v) is 4.77. The highest BCUT2D eigenvalue weighted by atomic mass is 32.1. The second-order valence-electron chi connectivity index (χ2n) is 6.95. The third-order valence-electron chi connectivity index (χ3n) is 5.35. The van der Waals surface area contributed by atoms with Crippen molar-refractivity contribution in [2.24, 2.45) is 0 Å². The highest BCUT2D eigenvalue weighted by molar-refractivity contribution is 7.12. The summed E-state index contributed by atoms with van der Waals surface area (Å²) in [6.45, 7) is 2.19. The Hall–Kier alpha value is -2.42. The molecule has 0 unspecified atom stereocenters. The molecule has 3 aliphatic heterocycles. The quantitative estimate of drug-likeness (QED) is 0.731. The highest BCUT2D eigenvalue weighted by Crippen LogP contribution is 2.29. The number of carbonyl (C=O) groups excluding carboxylic acids is 4. The SMILES string of the molecule is CC(=O)N1CC[C@@H]2NC(=O)[C@H]3C[C@H](NC(=O)c4cccs4)CN3C(=O)[C@H]21. The maximum Gasteiger partial charge on any atom is 0.261 e. The minimum absolute atomic E-state index is 0.166. The fourth-order valence-electron chi connectivity index (χ4n) is 4.15. The summed E-state index contributed by atoms with van der Waals surface area (Å²) in [4.78, 5) is 53.4. The number of amides is 4. The molecule has 3 aliphatic rings. The third-order valence-corrected chi connectivity index (χ3v) is 6.22. The zero-order valence-electron chi connectivity index (χ0n) is 14.3. The van der Waals surface area contributed by atoms with Gasteiger partial charge in [-0.3, -0.25) is 19.2 Å². The lowest BCUT2D eigenvalue weighted by Crippen LogP contribution is -2.52. The molecule has 4 heterocycles. The van der Waals surface area contributed by atoms with E-state index in [1.807, 2.05) is 5.38 Å². The van der Waals surface area contributed by atoms with E-state index in [0.717, 1.165) is 0 Å². The van der Waals surface area contributed by atoms with E-state index >= 15 is 0 Å². The van der Waals surface area contributed by atoms with Crippen molar-refractivity contribution in [2.75, 3.05) is 13.1 Å². The van der Waals surface area contributed by atoms with Crippen molar-refractivity contribution in [3.8, 4) is 0 Å². The van der Waals surface area contributed by atoms with Crippen LogP contribution in [0.1, 0.15) is 29.4 Å². The van der Waals surface area contributed by atoms with E-state index in [0.29, 0.717) is 24.3 Å². The number of carbonyl (C=O) groups is 4. The molecule has 26 heavy (non-hydrogen) atoms. The summed E-state index contributed by atoms with van der Waals surface area (Å²) in [6.07, 6.45) is 0.967. The van der Waals surface area contributed by atoms with Gasteiger partial charge in [0.1, 0.15) is 12.1 Å². The van der Waals surface area contributed by atoms with Crippen LogP contribution in [0.3, 0.4) is 0 Å². The van der Waals surface area contributed by atoms with Gasteiger partial charge in [0, 0.05) is 26.1 Å². The summed E-state index contributed by atoms with van der Waals surface area (Å²) >= 11 is 1.34. The summed E-state index contributed by atoms with van der Waals surface area (Å²) < 4.78 is 0. The molecule has 4 amide bonds. The van der Waals surface area contributed by atoms with Gasteiger partial charge in [0.05, 0.1) is 10.9 Å². The summed E-state index contributed by atoms with van der Waals surface area (Å²) in [5.41, 5.74) is 0. The average Bonchev–Trinajstić information content (AvgIpc) is 3.32. The number of thiophene rings is 1. The van der Waals surface area contributed by atoms with Gasteiger partial charge in [0.2, 0.25) is 17.7 Å². The van der Waals surface area contributed by atoms with Crippen LogP contribution in [0.15, 0.2) is 17.5 Å². The Bertz CT molecular complexity index is 765. The highest BCUT2D eigenvalue weighted by Gasteiger charge is 2.51. The first kappa shape index (κ1) is 17.0. The van der Waals surface area contributed by atoms with E-state index in [-0.39, 0.29) is 42.3 Å². The van der Waals surface area contributed by atoms with E-state index in [1.54, 1.807) is 12.1 Å². The topological polar surface area (TPSA) is 98.8 Å². The van der Waals surface area contributed by atoms with Crippen LogP contribution in [0.5, 0.6) is 0 Å². The first-order valence-corrected chi connectivity index (χ1v) is 9.56. The molecule has 3 saturated heterocycles. The maximum absolute atomic E-state index is 13.1. The molecule has 3 fully saturated rings. The summed E-state index contributed by atoms with van der Waals surface area (Å²) in [7, 11) is 0. The Balaban J connectivity index is 1.52. The Morgan fingerprint density at radius 3 is 2.85 bits per heavy atom. The molecule has 8 nitrogen and oxygen atoms in total. The standard InChI is InChI=1S/C17H20N4O4S/c1-9(22)20-5-4-11-14(20)17(25)21-8-10(7-12(21)15(23)19-11)18-16(24)13-3-2-6-26-13/h2-3,6,10-12,14H,4-5,7-8H2,1H3,(H,18,24)(H,19,23)/t10-,11-,12+,14-/m0/s1. The molecule has 0 radical (unpaired) electrons. The number of hydrogen-bond acceptors (Lipinski definition) is 5. The molecule has 2 N–H and O–H groups in total. The van der Waals surface area contributed by atoms with Crippen molar-refractivity contribution in [3.05, 3.63) is 22.4 Å². The van der Waals surface area contributed by atoms with Crippen LogP contribution in [0.25, 0.3) is 0 Å². The molecular weight excluding hydrogens is 356 g/mol. The average molecular weight is 376 g/mol. The number of nitrogens with zero attached hydrogens (tertiary/aromatic N) is 2. The molecule has 0 bridgehead atoms. The Kier molecular flexibility index (Phi) is 4.18. The van der Waals surface area contributed by atoms with Gasteiger partial charge in [0.15, 0.2) is 0 Å². The normalized spacial score (nSPS) is 30.5. The van der Waals surface area contributed by atoms with Crippen LogP contribution in [-0.4, -0.2) is 70.7 Å². The summed E-state index contributed by atoms with van der Waals surface area (Å²) in [6, 6.07) is 1.68. The molecule has 1 aromatic heterocycles. The van der Waals surface area contributed by atoms with Gasteiger partial charge in [-0.15, -0.1) is 11.3 Å². The predicted molar refractivity (Wildman–Crippen MR) is 93.4 cm³/mol. The zero-order valence-corrected chi connectivity index (χ0v) is 15.1. The second-order valence-corrected chi connectivity index (χ2v) is 7.90. The lowest BCUT2D eigenvalue weighted by molar-refractivity contribution is -0.143. The molecule has 1 aromatic rings. The largest absolute Gasteiger partial charge is 0.349 e. The first-order valence-electron chi connectivity index (χ1n) is 8.68. The monoisotopic (exact) mass is 376 g/mol. The van der Waals surface area contributed by atoms with Crippen LogP contribution in [-0.2, 0) is 14.4 Å². The van der Waals surface area contributed by atoms with Crippen LogP contribution in [0.2, 0.25) is 0 Å². The van der Waals surface area contributed by atoms with Crippen molar-refractivity contribution in [1.82, 2.24) is 20.4 Å². The minimum atomic E-state index is -0.645. The number of hydrogen-bond donors (Lipinski definition) is 2. The fraction of sp³-hybridized carbons (Fsp3) is 0.529. The van der Waals surface area contributed by atoms with E-state index in [9.17, 15) is 19.2 Å². The van der Waals surface area contributed by atoms with Gasteiger partial charge < -0.3 is 20.4 Å². The van der Waals surface area contributed by atoms with Gasteiger partial charge in [-0.25, -0.2) is 0 Å². The van der Waals surface area contributed by atoms with Crippen molar-refractivity contribution in [1.29, 1.82) is 0 Å². The molecule has 9 heteroatoms. The number of fused-ring (bicyclic) bond motifs is 2. The molecule has 0 aromatic carbocycles. The maximum atomic E-state index is 13.1. The minimum Gasteiger partial charge on any atom is -0.349 e. The molecule has 0 saturated carbocycles. The van der Waals surface area contributed by atoms with Crippen molar-refractivity contribution < 1.29 is 19.2 Å². The van der Waals surface area contributed by atoms with E-state index in [4.69, 9.17) is 0 Å². The van der Waals surface area contributed by atoms with Crippen molar-refractivity contribution in [3.63, 3.8) is 0 Å². The molecule has 4 atom stereocenters. The first-order chi connectivity index (χ1) is 12.5. The van der Waals surface area contributed by atoms with Gasteiger partial charge in [-0.2, -0.15) is 0 Å². The van der Waals surface area contributed by atoms with Crippen molar-refractivity contribution >= 4 is 35.0 Å². The Morgan fingerprint density at radius 2 is 2.15 bits per heavy atom. The Labute approximate surface area is 154 Å². The summed E-state index contributed by atoms with van der Waals surface area (Å²) in [5, 5.41) is 7.66. The van der Waals surface area contributed by atoms with Crippen LogP contribution in [0.4, 0.5) is 0 Å². The van der Waals surface area contributed by atoms with Gasteiger partial charge in [0.25, 0.3) is 5.91 Å². The number of nitrogens with one attached hydrogen (secondary N) is 2. The summed E-state index contributed by atoms with van der Waals surface area (Å²) in [5.74, 6) is -0.775. The third kappa shape index (κ3) is 2.76. The zero-order chi connectivity index (χ0) is 18.4. The molecule has 0 aliphatic carbocycles. The molecule has 4 rings (SSSR count). The van der Waals surface area contributed by atoms with Crippen LogP contribution in [0, 0.1) is 0 Å². The molecule has 138 valence electrons. The van der Waals surface area contributed by atoms with Crippen LogP contribution >= 0.6 is 11.3 Å². The second kappa shape index (κ2) is 6.39. The molecular formula is C17H20N4O4S. The lowest BCUT2D eigenvalue weighted by atomic mass is 10.1. The van der Waals surface area contributed by atoms with E-state index in [2.05, 4.69) is 10.6 Å². The predicted octanol–water partition coefficient (Wildman–Crippen LogP) is -0.433. The lowest BCUT2D eigenvalue weighted by Gasteiger charge is -2.28.